The number of benzene rings is 7. The maximum Gasteiger partial charge on any atom is 0.159 e. The zero-order valence-corrected chi connectivity index (χ0v) is 31.2. The smallest absolute Gasteiger partial charge is 0.159 e. The molecule has 0 bridgehead atoms. The lowest BCUT2D eigenvalue weighted by Crippen LogP contribution is -2.10. The first-order valence-electron chi connectivity index (χ1n) is 18.5. The highest BCUT2D eigenvalue weighted by Gasteiger charge is 2.22. The van der Waals surface area contributed by atoms with E-state index in [9.17, 15) is 0 Å². The van der Waals surface area contributed by atoms with Gasteiger partial charge in [-0.25, -0.2) is 0 Å². The number of para-hydroxylation sites is 2. The second kappa shape index (κ2) is 12.3. The third-order valence-corrected chi connectivity index (χ3v) is 10.6. The van der Waals surface area contributed by atoms with E-state index in [0.717, 1.165) is 60.9 Å². The van der Waals surface area contributed by atoms with Gasteiger partial charge in [-0.1, -0.05) is 145 Å². The van der Waals surface area contributed by atoms with E-state index in [1.165, 1.54) is 33.4 Å². The van der Waals surface area contributed by atoms with Gasteiger partial charge in [0, 0.05) is 27.5 Å². The topological polar surface area (TPSA) is 29.5 Å². The third kappa shape index (κ3) is 5.77. The minimum atomic E-state index is 0.114. The molecule has 53 heavy (non-hydrogen) atoms. The average Bonchev–Trinajstić information content (AvgIpc) is 3.74. The molecule has 0 saturated carbocycles. The molecule has 0 atom stereocenters. The Labute approximate surface area is 311 Å². The molecule has 0 aliphatic heterocycles. The van der Waals surface area contributed by atoms with Gasteiger partial charge in [-0.3, -0.25) is 0 Å². The largest absolute Gasteiger partial charge is 0.456 e. The van der Waals surface area contributed by atoms with Crippen molar-refractivity contribution in [2.45, 2.75) is 52.4 Å². The lowest BCUT2D eigenvalue weighted by molar-refractivity contribution is 0.590. The zero-order valence-electron chi connectivity index (χ0n) is 31.2. The van der Waals surface area contributed by atoms with Crippen LogP contribution in [-0.2, 0) is 10.8 Å². The Hall–Kier alpha value is -6.06. The minimum Gasteiger partial charge on any atom is -0.456 e. The van der Waals surface area contributed by atoms with Gasteiger partial charge in [0.05, 0.1) is 11.1 Å². The Morgan fingerprint density at radius 3 is 1.38 bits per heavy atom. The molecule has 2 heterocycles. The molecule has 9 aromatic rings. The van der Waals surface area contributed by atoms with Crippen molar-refractivity contribution in [3.05, 3.63) is 163 Å². The second-order valence-electron chi connectivity index (χ2n) is 16.3. The zero-order chi connectivity index (χ0) is 36.5. The highest BCUT2D eigenvalue weighted by molar-refractivity contribution is 6.23. The van der Waals surface area contributed by atoms with Gasteiger partial charge in [0.25, 0.3) is 0 Å². The molecule has 0 spiro atoms. The van der Waals surface area contributed by atoms with Crippen LogP contribution in [0.5, 0.6) is 0 Å². The molecule has 0 amide bonds. The van der Waals surface area contributed by atoms with Crippen LogP contribution < -0.4 is 4.90 Å². The maximum absolute atomic E-state index is 6.95. The number of rotatable bonds is 5. The molecule has 9 rings (SSSR count). The number of hydrogen-bond donors (Lipinski definition) is 0. The van der Waals surface area contributed by atoms with Crippen molar-refractivity contribution < 1.29 is 8.83 Å². The van der Waals surface area contributed by atoms with Crippen molar-refractivity contribution >= 4 is 60.9 Å². The van der Waals surface area contributed by atoms with Crippen molar-refractivity contribution in [2.24, 2.45) is 0 Å². The fourth-order valence-corrected chi connectivity index (χ4v) is 7.58. The molecule has 0 fully saturated rings. The molecule has 3 nitrogen and oxygen atoms in total. The Morgan fingerprint density at radius 2 is 0.849 bits per heavy atom. The van der Waals surface area contributed by atoms with E-state index in [4.69, 9.17) is 8.83 Å². The lowest BCUT2D eigenvalue weighted by Gasteiger charge is -2.26. The summed E-state index contributed by atoms with van der Waals surface area (Å²) in [6.07, 6.45) is 0. The summed E-state index contributed by atoms with van der Waals surface area (Å²) in [5, 5.41) is 4.21. The summed E-state index contributed by atoms with van der Waals surface area (Å²) in [4.78, 5) is 2.31. The van der Waals surface area contributed by atoms with Crippen molar-refractivity contribution in [3.63, 3.8) is 0 Å². The van der Waals surface area contributed by atoms with E-state index >= 15 is 0 Å². The van der Waals surface area contributed by atoms with Crippen LogP contribution in [0.1, 0.15) is 52.7 Å². The Kier molecular flexibility index (Phi) is 7.60. The van der Waals surface area contributed by atoms with Crippen molar-refractivity contribution in [1.29, 1.82) is 0 Å². The summed E-state index contributed by atoms with van der Waals surface area (Å²) in [7, 11) is 0. The van der Waals surface area contributed by atoms with Crippen LogP contribution >= 0.6 is 0 Å². The monoisotopic (exact) mass is 689 g/mol. The van der Waals surface area contributed by atoms with Gasteiger partial charge in [-0.05, 0) is 92.7 Å². The number of nitrogens with zero attached hydrogens (tertiary/aromatic N) is 1. The summed E-state index contributed by atoms with van der Waals surface area (Å²) in [6, 6.07) is 54.5. The van der Waals surface area contributed by atoms with Gasteiger partial charge in [-0.2, -0.15) is 0 Å². The van der Waals surface area contributed by atoms with E-state index < -0.39 is 0 Å². The molecule has 3 heteroatoms. The summed E-state index contributed by atoms with van der Waals surface area (Å²) < 4.78 is 13.2. The molecule has 260 valence electrons. The summed E-state index contributed by atoms with van der Waals surface area (Å²) in [6.45, 7) is 13.5. The Bertz CT molecular complexity index is 2650. The number of anilines is 3. The van der Waals surface area contributed by atoms with E-state index in [1.54, 1.807) is 0 Å². The normalized spacial score (nSPS) is 12.3. The number of furan rings is 2. The quantitative estimate of drug-likeness (QED) is 0.180. The molecule has 2 aromatic heterocycles. The first-order chi connectivity index (χ1) is 25.5. The van der Waals surface area contributed by atoms with Crippen LogP contribution in [0.2, 0.25) is 0 Å². The average molecular weight is 690 g/mol. The second-order valence-corrected chi connectivity index (χ2v) is 16.3. The molecule has 0 aliphatic carbocycles. The van der Waals surface area contributed by atoms with Crippen LogP contribution in [0.4, 0.5) is 17.1 Å². The van der Waals surface area contributed by atoms with Gasteiger partial charge < -0.3 is 13.7 Å². The Morgan fingerprint density at radius 1 is 0.377 bits per heavy atom. The minimum absolute atomic E-state index is 0.114. The van der Waals surface area contributed by atoms with Crippen LogP contribution in [0, 0.1) is 0 Å². The highest BCUT2D eigenvalue weighted by Crippen LogP contribution is 2.45. The van der Waals surface area contributed by atoms with Gasteiger partial charge >= 0.3 is 0 Å². The molecule has 0 radical (unpaired) electrons. The molecule has 0 aliphatic rings. The Balaban J connectivity index is 1.18. The molecular formula is C50H43NO2. The predicted octanol–water partition coefficient (Wildman–Crippen LogP) is 14.9. The van der Waals surface area contributed by atoms with Crippen molar-refractivity contribution in [1.82, 2.24) is 0 Å². The van der Waals surface area contributed by atoms with Gasteiger partial charge in [0.1, 0.15) is 16.7 Å². The molecule has 0 saturated heterocycles. The van der Waals surface area contributed by atoms with Gasteiger partial charge in [0.15, 0.2) is 5.58 Å². The standard InChI is InChI=1S/C50H43NO2/c1-49(2,3)36-22-14-32(15-23-36)34-18-26-38(27-19-34)51(39-28-20-35(21-29-39)33-16-24-37(25-17-33)50(4,5)6)43-12-9-11-40-41-30-31-45-46(48(41)53-47(40)43)42-10-7-8-13-44(42)52-45/h7-31H,1-6H3. The van der Waals surface area contributed by atoms with Gasteiger partial charge in [0.2, 0.25) is 0 Å². The van der Waals surface area contributed by atoms with E-state index in [-0.39, 0.29) is 10.8 Å². The van der Waals surface area contributed by atoms with Crippen molar-refractivity contribution in [3.8, 4) is 22.3 Å². The lowest BCUT2D eigenvalue weighted by atomic mass is 9.86. The molecule has 0 N–H and O–H groups in total. The first-order valence-corrected chi connectivity index (χ1v) is 18.5. The van der Waals surface area contributed by atoms with Crippen LogP contribution in [0.25, 0.3) is 66.1 Å². The fourth-order valence-electron chi connectivity index (χ4n) is 7.58. The van der Waals surface area contributed by atoms with E-state index in [2.05, 4.69) is 186 Å². The summed E-state index contributed by atoms with van der Waals surface area (Å²) in [5.74, 6) is 0. The summed E-state index contributed by atoms with van der Waals surface area (Å²) >= 11 is 0. The van der Waals surface area contributed by atoms with E-state index in [0.29, 0.717) is 0 Å². The van der Waals surface area contributed by atoms with E-state index in [1.807, 2.05) is 12.1 Å². The highest BCUT2D eigenvalue weighted by atomic mass is 16.3. The number of fused-ring (bicyclic) bond motifs is 7. The summed E-state index contributed by atoms with van der Waals surface area (Å²) in [5.41, 5.74) is 14.1. The molecule has 7 aromatic carbocycles. The number of hydrogen-bond acceptors (Lipinski definition) is 3. The maximum atomic E-state index is 6.95. The SMILES string of the molecule is CC(C)(C)c1ccc(-c2ccc(N(c3ccc(-c4ccc(C(C)(C)C)cc4)cc3)c3cccc4c3oc3c4ccc4oc5ccccc5c43)cc2)cc1. The van der Waals surface area contributed by atoms with Crippen LogP contribution in [-0.4, -0.2) is 0 Å². The molecule has 0 unspecified atom stereocenters. The molecular weight excluding hydrogens is 647 g/mol. The fraction of sp³-hybridized carbons (Fsp3) is 0.160. The third-order valence-electron chi connectivity index (χ3n) is 10.6. The first kappa shape index (κ1) is 32.8. The van der Waals surface area contributed by atoms with Crippen LogP contribution in [0.3, 0.4) is 0 Å². The predicted molar refractivity (Wildman–Crippen MR) is 224 cm³/mol. The van der Waals surface area contributed by atoms with Gasteiger partial charge in [-0.15, -0.1) is 0 Å². The van der Waals surface area contributed by atoms with Crippen LogP contribution in [0.15, 0.2) is 160 Å². The van der Waals surface area contributed by atoms with Crippen molar-refractivity contribution in [2.75, 3.05) is 4.90 Å².